The number of piperidine rings is 1. The minimum atomic E-state index is -0.390. The van der Waals surface area contributed by atoms with Crippen molar-refractivity contribution in [2.75, 3.05) is 6.54 Å². The van der Waals surface area contributed by atoms with Crippen molar-refractivity contribution in [1.82, 2.24) is 9.88 Å². The zero-order valence-corrected chi connectivity index (χ0v) is 12.5. The lowest BCUT2D eigenvalue weighted by molar-refractivity contribution is -0.129. The fraction of sp³-hybridized carbons (Fsp3) is 0.412. The maximum Gasteiger partial charge on any atom is 0.295 e. The van der Waals surface area contributed by atoms with Crippen molar-refractivity contribution in [3.05, 3.63) is 35.5 Å². The Labute approximate surface area is 124 Å². The van der Waals surface area contributed by atoms with Crippen LogP contribution in [0.5, 0.6) is 0 Å². The van der Waals surface area contributed by atoms with E-state index in [1.54, 1.807) is 4.90 Å². The zero-order chi connectivity index (χ0) is 15.0. The van der Waals surface area contributed by atoms with Crippen LogP contribution in [0, 0.1) is 6.92 Å². The number of Topliss-reactive ketones (excluding diaryl/α,β-unsaturated/α-hetero) is 1. The predicted molar refractivity (Wildman–Crippen MR) is 82.4 cm³/mol. The second-order valence-corrected chi connectivity index (χ2v) is 5.84. The van der Waals surface area contributed by atoms with E-state index in [9.17, 15) is 9.59 Å². The summed E-state index contributed by atoms with van der Waals surface area (Å²) in [6.07, 6.45) is 3.09. The van der Waals surface area contributed by atoms with Gasteiger partial charge in [0.2, 0.25) is 0 Å². The molecular formula is C17H20N2O2. The Morgan fingerprint density at radius 3 is 2.76 bits per heavy atom. The van der Waals surface area contributed by atoms with Crippen molar-refractivity contribution in [2.45, 2.75) is 39.2 Å². The summed E-state index contributed by atoms with van der Waals surface area (Å²) in [5.41, 5.74) is 2.19. The minimum Gasteiger partial charge on any atom is -0.358 e. The molecule has 21 heavy (non-hydrogen) atoms. The third-order valence-corrected chi connectivity index (χ3v) is 4.38. The summed E-state index contributed by atoms with van der Waals surface area (Å²) >= 11 is 0. The first-order chi connectivity index (χ1) is 10.1. The van der Waals surface area contributed by atoms with E-state index in [1.165, 1.54) is 0 Å². The maximum absolute atomic E-state index is 12.7. The smallest absolute Gasteiger partial charge is 0.295 e. The summed E-state index contributed by atoms with van der Waals surface area (Å²) in [4.78, 5) is 30.2. The van der Waals surface area contributed by atoms with Gasteiger partial charge in [-0.15, -0.1) is 0 Å². The van der Waals surface area contributed by atoms with Crippen molar-refractivity contribution in [2.24, 2.45) is 0 Å². The van der Waals surface area contributed by atoms with Crippen molar-refractivity contribution in [1.29, 1.82) is 0 Å². The van der Waals surface area contributed by atoms with Crippen LogP contribution in [-0.2, 0) is 4.79 Å². The Morgan fingerprint density at radius 1 is 1.24 bits per heavy atom. The summed E-state index contributed by atoms with van der Waals surface area (Å²) in [5, 5.41) is 0.831. The molecule has 4 heteroatoms. The molecule has 110 valence electrons. The molecule has 0 spiro atoms. The third kappa shape index (κ3) is 2.35. The van der Waals surface area contributed by atoms with E-state index in [-0.39, 0.29) is 11.9 Å². The lowest BCUT2D eigenvalue weighted by atomic mass is 10.0. The van der Waals surface area contributed by atoms with Gasteiger partial charge in [0.25, 0.3) is 11.7 Å². The highest BCUT2D eigenvalue weighted by Gasteiger charge is 2.31. The molecule has 3 rings (SSSR count). The van der Waals surface area contributed by atoms with E-state index in [2.05, 4.69) is 4.98 Å². The average Bonchev–Trinajstić information content (AvgIpc) is 2.82. The lowest BCUT2D eigenvalue weighted by Gasteiger charge is -2.32. The molecule has 0 aliphatic carbocycles. The molecule has 0 saturated carbocycles. The summed E-state index contributed by atoms with van der Waals surface area (Å²) in [6, 6.07) is 7.77. The number of rotatable bonds is 2. The van der Waals surface area contributed by atoms with Gasteiger partial charge in [-0.2, -0.15) is 0 Å². The van der Waals surface area contributed by atoms with Gasteiger partial charge in [-0.3, -0.25) is 9.59 Å². The van der Waals surface area contributed by atoms with Crippen LogP contribution in [0.15, 0.2) is 24.3 Å². The number of amides is 1. The van der Waals surface area contributed by atoms with Crippen molar-refractivity contribution >= 4 is 22.6 Å². The molecule has 1 saturated heterocycles. The second-order valence-electron chi connectivity index (χ2n) is 5.84. The van der Waals surface area contributed by atoms with Crippen molar-refractivity contribution in [3.8, 4) is 0 Å². The largest absolute Gasteiger partial charge is 0.358 e. The number of hydrogen-bond donors (Lipinski definition) is 1. The first kappa shape index (κ1) is 13.9. The first-order valence-corrected chi connectivity index (χ1v) is 7.52. The van der Waals surface area contributed by atoms with Crippen LogP contribution in [0.3, 0.4) is 0 Å². The van der Waals surface area contributed by atoms with E-state index in [1.807, 2.05) is 38.1 Å². The number of benzene rings is 1. The predicted octanol–water partition coefficient (Wildman–Crippen LogP) is 3.06. The van der Waals surface area contributed by atoms with Gasteiger partial charge in [0.1, 0.15) is 0 Å². The summed E-state index contributed by atoms with van der Waals surface area (Å²) in [6.45, 7) is 4.56. The van der Waals surface area contributed by atoms with E-state index in [0.29, 0.717) is 12.1 Å². The van der Waals surface area contributed by atoms with Gasteiger partial charge in [-0.25, -0.2) is 0 Å². The number of aromatic amines is 1. The Bertz CT molecular complexity index is 702. The van der Waals surface area contributed by atoms with Gasteiger partial charge in [-0.1, -0.05) is 18.2 Å². The number of H-pyrrole nitrogens is 1. The van der Waals surface area contributed by atoms with Crippen LogP contribution in [0.1, 0.15) is 42.2 Å². The molecule has 1 fully saturated rings. The number of hydrogen-bond acceptors (Lipinski definition) is 2. The highest BCUT2D eigenvalue weighted by atomic mass is 16.2. The second kappa shape index (κ2) is 5.35. The summed E-state index contributed by atoms with van der Waals surface area (Å²) < 4.78 is 0. The Kier molecular flexibility index (Phi) is 3.53. The normalized spacial score (nSPS) is 19.0. The van der Waals surface area contributed by atoms with Gasteiger partial charge < -0.3 is 9.88 Å². The molecule has 0 radical (unpaired) electrons. The van der Waals surface area contributed by atoms with Gasteiger partial charge in [0, 0.05) is 29.2 Å². The molecule has 1 N–H and O–H groups in total. The Hall–Kier alpha value is -2.10. The maximum atomic E-state index is 12.7. The summed E-state index contributed by atoms with van der Waals surface area (Å²) in [5.74, 6) is -0.756. The van der Waals surface area contributed by atoms with E-state index >= 15 is 0 Å². The van der Waals surface area contributed by atoms with Crippen molar-refractivity contribution in [3.63, 3.8) is 0 Å². The lowest BCUT2D eigenvalue weighted by Crippen LogP contribution is -2.45. The number of aromatic nitrogens is 1. The monoisotopic (exact) mass is 284 g/mol. The fourth-order valence-electron chi connectivity index (χ4n) is 3.21. The number of likely N-dealkylation sites (tertiary alicyclic amines) is 1. The molecule has 0 unspecified atom stereocenters. The van der Waals surface area contributed by atoms with Gasteiger partial charge in [0.15, 0.2) is 0 Å². The fourth-order valence-corrected chi connectivity index (χ4v) is 3.21. The molecular weight excluding hydrogens is 264 g/mol. The van der Waals surface area contributed by atoms with Crippen LogP contribution in [-0.4, -0.2) is 34.2 Å². The molecule has 0 bridgehead atoms. The Morgan fingerprint density at radius 2 is 2.00 bits per heavy atom. The van der Waals surface area contributed by atoms with E-state index in [0.717, 1.165) is 35.9 Å². The van der Waals surface area contributed by atoms with Crippen molar-refractivity contribution < 1.29 is 9.59 Å². The number of nitrogens with zero attached hydrogens (tertiary/aromatic N) is 1. The summed E-state index contributed by atoms with van der Waals surface area (Å²) in [7, 11) is 0. The average molecular weight is 284 g/mol. The number of para-hydroxylation sites is 1. The number of ketones is 1. The molecule has 4 nitrogen and oxygen atoms in total. The molecule has 2 aromatic rings. The highest BCUT2D eigenvalue weighted by Crippen LogP contribution is 2.24. The zero-order valence-electron chi connectivity index (χ0n) is 12.5. The number of carbonyl (C=O) groups excluding carboxylic acids is 2. The molecule has 1 atom stereocenters. The molecule has 2 heterocycles. The van der Waals surface area contributed by atoms with E-state index < -0.39 is 5.78 Å². The number of nitrogens with one attached hydrogen (secondary N) is 1. The van der Waals surface area contributed by atoms with Crippen LogP contribution in [0.25, 0.3) is 10.9 Å². The van der Waals surface area contributed by atoms with Crippen LogP contribution in [0.2, 0.25) is 0 Å². The number of carbonyl (C=O) groups is 2. The standard InChI is InChI=1S/C17H20N2O2/c1-11-7-5-6-10-19(11)17(21)16(20)15-12(2)18-14-9-4-3-8-13(14)15/h3-4,8-9,11,18H,5-7,10H2,1-2H3/t11-/m1/s1. The van der Waals surface area contributed by atoms with E-state index in [4.69, 9.17) is 0 Å². The van der Waals surface area contributed by atoms with Crippen LogP contribution < -0.4 is 0 Å². The molecule has 1 amide bonds. The van der Waals surface area contributed by atoms with Gasteiger partial charge in [-0.05, 0) is 39.2 Å². The van der Waals surface area contributed by atoms with Crippen LogP contribution >= 0.6 is 0 Å². The van der Waals surface area contributed by atoms with Gasteiger partial charge in [0.05, 0.1) is 5.56 Å². The molecule has 1 aliphatic rings. The molecule has 1 aliphatic heterocycles. The van der Waals surface area contributed by atoms with Gasteiger partial charge >= 0.3 is 0 Å². The SMILES string of the molecule is Cc1[nH]c2ccccc2c1C(=O)C(=O)N1CCCC[C@H]1C. The van der Waals surface area contributed by atoms with Crippen LogP contribution in [0.4, 0.5) is 0 Å². The third-order valence-electron chi connectivity index (χ3n) is 4.38. The first-order valence-electron chi connectivity index (χ1n) is 7.52. The topological polar surface area (TPSA) is 53.2 Å². The Balaban J connectivity index is 1.96. The minimum absolute atomic E-state index is 0.153. The molecule has 1 aromatic carbocycles. The quantitative estimate of drug-likeness (QED) is 0.680. The number of aryl methyl sites for hydroxylation is 1. The highest BCUT2D eigenvalue weighted by molar-refractivity contribution is 6.45. The number of fused-ring (bicyclic) bond motifs is 1. The molecule has 1 aromatic heterocycles.